The summed E-state index contributed by atoms with van der Waals surface area (Å²) in [6.07, 6.45) is 1.53. The Morgan fingerprint density at radius 2 is 1.76 bits per heavy atom. The number of rotatable bonds is 7. The van der Waals surface area contributed by atoms with Gasteiger partial charge in [-0.1, -0.05) is 12.1 Å². The first kappa shape index (κ1) is 16.7. The zero-order valence-electron chi connectivity index (χ0n) is 11.4. The highest BCUT2D eigenvalue weighted by Gasteiger charge is 2.39. The summed E-state index contributed by atoms with van der Waals surface area (Å²) >= 11 is 0. The zero-order valence-corrected chi connectivity index (χ0v) is 13.8. The van der Waals surface area contributed by atoms with Gasteiger partial charge >= 0.3 is 0 Å². The second-order valence-corrected chi connectivity index (χ2v) is 9.12. The molecule has 0 heterocycles. The van der Waals surface area contributed by atoms with Crippen LogP contribution in [-0.4, -0.2) is 47.4 Å². The first-order chi connectivity index (χ1) is 9.78. The highest BCUT2D eigenvalue weighted by molar-refractivity contribution is 8.14. The molecule has 1 aliphatic carbocycles. The van der Waals surface area contributed by atoms with E-state index in [0.717, 1.165) is 12.8 Å². The van der Waals surface area contributed by atoms with E-state index in [1.54, 1.807) is 0 Å². The van der Waals surface area contributed by atoms with Crippen molar-refractivity contribution in [1.82, 2.24) is 4.31 Å². The van der Waals surface area contributed by atoms with Crippen LogP contribution in [0.1, 0.15) is 12.8 Å². The van der Waals surface area contributed by atoms with Crippen molar-refractivity contribution in [3.8, 4) is 0 Å². The number of nitrogens with zero attached hydrogens (tertiary/aromatic N) is 1. The van der Waals surface area contributed by atoms with Gasteiger partial charge in [0.05, 0.1) is 6.61 Å². The van der Waals surface area contributed by atoms with Crippen molar-refractivity contribution in [3.05, 3.63) is 24.3 Å². The maximum Gasteiger partial charge on any atom is 0.262 e. The minimum absolute atomic E-state index is 0.101. The van der Waals surface area contributed by atoms with Crippen molar-refractivity contribution in [2.24, 2.45) is 0 Å². The molecule has 2 rings (SSSR count). The van der Waals surface area contributed by atoms with E-state index in [0.29, 0.717) is 0 Å². The van der Waals surface area contributed by atoms with Crippen LogP contribution in [0.15, 0.2) is 34.1 Å². The Kier molecular flexibility index (Phi) is 4.94. The quantitative estimate of drug-likeness (QED) is 0.692. The molecule has 0 bridgehead atoms. The van der Waals surface area contributed by atoms with Crippen molar-refractivity contribution in [2.45, 2.75) is 28.7 Å². The Morgan fingerprint density at radius 1 is 1.19 bits per heavy atom. The fourth-order valence-electron chi connectivity index (χ4n) is 2.03. The summed E-state index contributed by atoms with van der Waals surface area (Å²) in [6.45, 7) is 0.422. The number of methoxy groups -OCH3 is 1. The Labute approximate surface area is 129 Å². The molecule has 1 fully saturated rings. The molecular weight excluding hydrogens is 338 g/mol. The van der Waals surface area contributed by atoms with E-state index in [9.17, 15) is 16.8 Å². The molecule has 0 spiro atoms. The maximum absolute atomic E-state index is 12.7. The van der Waals surface area contributed by atoms with Crippen molar-refractivity contribution in [3.63, 3.8) is 0 Å². The molecule has 6 nitrogen and oxygen atoms in total. The number of benzene rings is 1. The maximum atomic E-state index is 12.7. The van der Waals surface area contributed by atoms with E-state index < -0.39 is 24.0 Å². The molecule has 118 valence electrons. The standard InChI is InChI=1S/C12H16ClNO5S2/c1-19-9-8-14(10-6-7-10)21(17,18)12-5-3-2-4-11(12)20(13,15)16/h2-5,10H,6-9H2,1H3. The Balaban J connectivity index is 2.48. The molecule has 0 aliphatic heterocycles. The Morgan fingerprint density at radius 3 is 2.24 bits per heavy atom. The molecule has 0 saturated heterocycles. The summed E-state index contributed by atoms with van der Waals surface area (Å²) in [5.74, 6) is 0. The van der Waals surface area contributed by atoms with E-state index >= 15 is 0 Å². The molecule has 0 amide bonds. The van der Waals surface area contributed by atoms with Crippen molar-refractivity contribution in [1.29, 1.82) is 0 Å². The lowest BCUT2D eigenvalue weighted by molar-refractivity contribution is 0.177. The second kappa shape index (κ2) is 6.21. The first-order valence-electron chi connectivity index (χ1n) is 6.33. The van der Waals surface area contributed by atoms with E-state index in [4.69, 9.17) is 15.4 Å². The lowest BCUT2D eigenvalue weighted by atomic mass is 10.4. The van der Waals surface area contributed by atoms with Gasteiger partial charge in [0, 0.05) is 30.4 Å². The minimum atomic E-state index is -4.14. The first-order valence-corrected chi connectivity index (χ1v) is 10.1. The summed E-state index contributed by atoms with van der Waals surface area (Å²) in [7, 11) is -1.26. The van der Waals surface area contributed by atoms with Gasteiger partial charge in [-0.05, 0) is 25.0 Å². The highest BCUT2D eigenvalue weighted by atomic mass is 35.7. The molecule has 1 saturated carbocycles. The van der Waals surface area contributed by atoms with Crippen LogP contribution in [0.5, 0.6) is 0 Å². The third-order valence-electron chi connectivity index (χ3n) is 3.17. The SMILES string of the molecule is COCCN(C1CC1)S(=O)(=O)c1ccccc1S(=O)(=O)Cl. The van der Waals surface area contributed by atoms with Crippen LogP contribution >= 0.6 is 10.7 Å². The van der Waals surface area contributed by atoms with Crippen LogP contribution in [0, 0.1) is 0 Å². The van der Waals surface area contributed by atoms with Crippen LogP contribution in [0.3, 0.4) is 0 Å². The van der Waals surface area contributed by atoms with Gasteiger partial charge in [0.1, 0.15) is 9.79 Å². The second-order valence-electron chi connectivity index (χ2n) is 4.72. The van der Waals surface area contributed by atoms with Crippen molar-refractivity contribution in [2.75, 3.05) is 20.3 Å². The molecule has 0 radical (unpaired) electrons. The lowest BCUT2D eigenvalue weighted by Gasteiger charge is -2.22. The fourth-order valence-corrected chi connectivity index (χ4v) is 5.51. The van der Waals surface area contributed by atoms with Crippen molar-refractivity contribution < 1.29 is 21.6 Å². The molecule has 0 N–H and O–H groups in total. The fraction of sp³-hybridized carbons (Fsp3) is 0.500. The molecular formula is C12H16ClNO5S2. The van der Waals surface area contributed by atoms with E-state index in [-0.39, 0.29) is 24.1 Å². The van der Waals surface area contributed by atoms with Gasteiger partial charge in [-0.3, -0.25) is 0 Å². The van der Waals surface area contributed by atoms with Gasteiger partial charge in [-0.2, -0.15) is 4.31 Å². The monoisotopic (exact) mass is 353 g/mol. The Hall–Kier alpha value is -0.670. The van der Waals surface area contributed by atoms with Crippen molar-refractivity contribution >= 4 is 29.8 Å². The smallest absolute Gasteiger partial charge is 0.262 e. The molecule has 1 aromatic carbocycles. The molecule has 1 aliphatic rings. The van der Waals surface area contributed by atoms with Crippen LogP contribution < -0.4 is 0 Å². The summed E-state index contributed by atoms with van der Waals surface area (Å²) < 4.78 is 54.8. The summed E-state index contributed by atoms with van der Waals surface area (Å²) in [4.78, 5) is -0.683. The van der Waals surface area contributed by atoms with Gasteiger partial charge < -0.3 is 4.74 Å². The van der Waals surface area contributed by atoms with Crippen LogP contribution in [0.25, 0.3) is 0 Å². The molecule has 21 heavy (non-hydrogen) atoms. The van der Waals surface area contributed by atoms with Gasteiger partial charge in [0.2, 0.25) is 10.0 Å². The number of sulfonamides is 1. The number of halogens is 1. The van der Waals surface area contributed by atoms with Crippen LogP contribution in [0.4, 0.5) is 0 Å². The topological polar surface area (TPSA) is 80.8 Å². The van der Waals surface area contributed by atoms with Gasteiger partial charge in [-0.25, -0.2) is 16.8 Å². The normalized spacial score (nSPS) is 16.3. The average molecular weight is 354 g/mol. The molecule has 1 aromatic rings. The van der Waals surface area contributed by atoms with E-state index in [1.165, 1.54) is 35.7 Å². The molecule has 0 aromatic heterocycles. The summed E-state index contributed by atoms with van der Waals surface area (Å²) in [5.41, 5.74) is 0. The van der Waals surface area contributed by atoms with Gasteiger partial charge in [0.25, 0.3) is 9.05 Å². The Bertz CT molecular complexity index is 713. The van der Waals surface area contributed by atoms with Gasteiger partial charge in [0.15, 0.2) is 0 Å². The number of hydrogen-bond acceptors (Lipinski definition) is 5. The highest BCUT2D eigenvalue weighted by Crippen LogP contribution is 2.34. The molecule has 0 atom stereocenters. The zero-order chi connectivity index (χ0) is 15.7. The molecule has 9 heteroatoms. The third kappa shape index (κ3) is 3.75. The predicted molar refractivity (Wildman–Crippen MR) is 78.3 cm³/mol. The van der Waals surface area contributed by atoms with Gasteiger partial charge in [-0.15, -0.1) is 0 Å². The lowest BCUT2D eigenvalue weighted by Crippen LogP contribution is -2.36. The minimum Gasteiger partial charge on any atom is -0.383 e. The largest absolute Gasteiger partial charge is 0.383 e. The predicted octanol–water partition coefficient (Wildman–Crippen LogP) is 1.41. The number of ether oxygens (including phenoxy) is 1. The third-order valence-corrected chi connectivity index (χ3v) is 6.69. The average Bonchev–Trinajstić information content (AvgIpc) is 3.22. The van der Waals surface area contributed by atoms with Crippen LogP contribution in [-0.2, 0) is 23.8 Å². The van der Waals surface area contributed by atoms with Crippen LogP contribution in [0.2, 0.25) is 0 Å². The van der Waals surface area contributed by atoms with E-state index in [1.807, 2.05) is 0 Å². The summed E-state index contributed by atoms with van der Waals surface area (Å²) in [5, 5.41) is 0. The van der Waals surface area contributed by atoms with E-state index in [2.05, 4.69) is 0 Å². The summed E-state index contributed by atoms with van der Waals surface area (Å²) in [6, 6.07) is 5.25. The molecule has 0 unspecified atom stereocenters. The number of hydrogen-bond donors (Lipinski definition) is 0.